The number of halogens is 2. The number of benzene rings is 2. The molecule has 1 aliphatic rings. The molecule has 0 radical (unpaired) electrons. The highest BCUT2D eigenvalue weighted by Gasteiger charge is 2.20. The lowest BCUT2D eigenvalue weighted by Gasteiger charge is -2.06. The van der Waals surface area contributed by atoms with Gasteiger partial charge in [0.2, 0.25) is 5.91 Å². The van der Waals surface area contributed by atoms with Gasteiger partial charge in [-0.1, -0.05) is 17.7 Å². The van der Waals surface area contributed by atoms with Crippen LogP contribution in [-0.2, 0) is 17.6 Å². The molecule has 1 N–H and O–H groups in total. The number of nitrogens with one attached hydrogen (secondary N) is 1. The SMILES string of the molecule is O=C1Cc2cc(C(=O)Cc3c(F)cccc3Cl)ccc2N1. The van der Waals surface area contributed by atoms with Crippen molar-refractivity contribution >= 4 is 29.0 Å². The van der Waals surface area contributed by atoms with Crippen LogP contribution in [0.4, 0.5) is 10.1 Å². The maximum absolute atomic E-state index is 13.7. The van der Waals surface area contributed by atoms with E-state index in [-0.39, 0.29) is 35.1 Å². The number of hydrogen-bond donors (Lipinski definition) is 1. The van der Waals surface area contributed by atoms with E-state index in [0.29, 0.717) is 5.56 Å². The van der Waals surface area contributed by atoms with Gasteiger partial charge in [0.05, 0.1) is 6.42 Å². The van der Waals surface area contributed by atoms with Crippen LogP contribution in [0.5, 0.6) is 0 Å². The van der Waals surface area contributed by atoms with Gasteiger partial charge in [-0.15, -0.1) is 0 Å². The zero-order valence-electron chi connectivity index (χ0n) is 11.0. The van der Waals surface area contributed by atoms with E-state index in [4.69, 9.17) is 11.6 Å². The molecule has 2 aromatic carbocycles. The summed E-state index contributed by atoms with van der Waals surface area (Å²) in [5.41, 5.74) is 2.15. The molecule has 1 amide bonds. The second kappa shape index (κ2) is 5.30. The Morgan fingerprint density at radius 1 is 1.29 bits per heavy atom. The van der Waals surface area contributed by atoms with Crippen LogP contribution in [-0.4, -0.2) is 11.7 Å². The van der Waals surface area contributed by atoms with E-state index >= 15 is 0 Å². The second-order valence-electron chi connectivity index (χ2n) is 4.90. The van der Waals surface area contributed by atoms with Gasteiger partial charge in [-0.2, -0.15) is 0 Å². The molecule has 2 aromatic rings. The minimum atomic E-state index is -0.492. The van der Waals surface area contributed by atoms with Crippen LogP contribution in [0, 0.1) is 5.82 Å². The third-order valence-electron chi connectivity index (χ3n) is 3.45. The van der Waals surface area contributed by atoms with E-state index in [2.05, 4.69) is 5.32 Å². The molecule has 1 aliphatic heterocycles. The second-order valence-corrected chi connectivity index (χ2v) is 5.30. The fourth-order valence-electron chi connectivity index (χ4n) is 2.37. The van der Waals surface area contributed by atoms with E-state index < -0.39 is 5.82 Å². The number of hydrogen-bond acceptors (Lipinski definition) is 2. The summed E-state index contributed by atoms with van der Waals surface area (Å²) in [5.74, 6) is -0.815. The van der Waals surface area contributed by atoms with Crippen LogP contribution in [0.3, 0.4) is 0 Å². The van der Waals surface area contributed by atoms with Crippen molar-refractivity contribution in [1.29, 1.82) is 0 Å². The minimum absolute atomic E-state index is 0.0910. The van der Waals surface area contributed by atoms with E-state index in [9.17, 15) is 14.0 Å². The molecule has 3 rings (SSSR count). The monoisotopic (exact) mass is 303 g/mol. The van der Waals surface area contributed by atoms with Crippen LogP contribution in [0.2, 0.25) is 5.02 Å². The predicted molar refractivity (Wildman–Crippen MR) is 78.2 cm³/mol. The molecule has 0 aliphatic carbocycles. The van der Waals surface area contributed by atoms with Crippen LogP contribution in [0.1, 0.15) is 21.5 Å². The van der Waals surface area contributed by atoms with Gasteiger partial charge < -0.3 is 5.32 Å². The van der Waals surface area contributed by atoms with Crippen LogP contribution in [0.15, 0.2) is 36.4 Å². The summed E-state index contributed by atoms with van der Waals surface area (Å²) < 4.78 is 13.7. The van der Waals surface area contributed by atoms with Crippen molar-refractivity contribution < 1.29 is 14.0 Å². The van der Waals surface area contributed by atoms with Crippen molar-refractivity contribution in [3.63, 3.8) is 0 Å². The fraction of sp³-hybridized carbons (Fsp3) is 0.125. The van der Waals surface area contributed by atoms with E-state index in [0.717, 1.165) is 11.3 Å². The average molecular weight is 304 g/mol. The number of anilines is 1. The van der Waals surface area contributed by atoms with Crippen LogP contribution in [0.25, 0.3) is 0 Å². The Balaban J connectivity index is 1.87. The molecule has 0 saturated carbocycles. The van der Waals surface area contributed by atoms with Gasteiger partial charge in [0, 0.05) is 28.3 Å². The zero-order valence-corrected chi connectivity index (χ0v) is 11.7. The van der Waals surface area contributed by atoms with Crippen molar-refractivity contribution in [3.05, 3.63) is 63.9 Å². The molecule has 0 aromatic heterocycles. The maximum atomic E-state index is 13.7. The highest BCUT2D eigenvalue weighted by atomic mass is 35.5. The molecular weight excluding hydrogens is 293 g/mol. The number of ketones is 1. The number of carbonyl (C=O) groups excluding carboxylic acids is 2. The van der Waals surface area contributed by atoms with Crippen molar-refractivity contribution in [2.24, 2.45) is 0 Å². The van der Waals surface area contributed by atoms with Gasteiger partial charge in [-0.3, -0.25) is 9.59 Å². The van der Waals surface area contributed by atoms with Crippen molar-refractivity contribution in [3.8, 4) is 0 Å². The summed E-state index contributed by atoms with van der Waals surface area (Å²) in [6.07, 6.45) is 0.155. The minimum Gasteiger partial charge on any atom is -0.326 e. The highest BCUT2D eigenvalue weighted by Crippen LogP contribution is 2.26. The lowest BCUT2D eigenvalue weighted by Crippen LogP contribution is -2.06. The van der Waals surface area contributed by atoms with Crippen molar-refractivity contribution in [2.75, 3.05) is 5.32 Å². The number of amides is 1. The smallest absolute Gasteiger partial charge is 0.228 e. The van der Waals surface area contributed by atoms with Gasteiger partial charge in [0.15, 0.2) is 5.78 Å². The number of Topliss-reactive ketones (excluding diaryl/α,β-unsaturated/α-hetero) is 1. The van der Waals surface area contributed by atoms with Gasteiger partial charge in [-0.05, 0) is 35.9 Å². The Morgan fingerprint density at radius 2 is 2.10 bits per heavy atom. The van der Waals surface area contributed by atoms with Crippen molar-refractivity contribution in [2.45, 2.75) is 12.8 Å². The standard InChI is InChI=1S/C16H11ClFNO2/c17-12-2-1-3-13(18)11(12)8-15(20)9-4-5-14-10(6-9)7-16(21)19-14/h1-6H,7-8H2,(H,19,21). The Bertz CT molecular complexity index is 738. The lowest BCUT2D eigenvalue weighted by atomic mass is 10.00. The van der Waals surface area contributed by atoms with Gasteiger partial charge >= 0.3 is 0 Å². The molecule has 21 heavy (non-hydrogen) atoms. The topological polar surface area (TPSA) is 46.2 Å². The Labute approximate surface area is 125 Å². The summed E-state index contributed by atoms with van der Waals surface area (Å²) in [7, 11) is 0. The molecule has 1 heterocycles. The number of rotatable bonds is 3. The molecule has 0 atom stereocenters. The van der Waals surface area contributed by atoms with Crippen molar-refractivity contribution in [1.82, 2.24) is 0 Å². The summed E-state index contributed by atoms with van der Waals surface area (Å²) >= 11 is 5.93. The molecule has 0 bridgehead atoms. The average Bonchev–Trinajstić information content (AvgIpc) is 2.81. The molecule has 0 spiro atoms. The first kappa shape index (κ1) is 13.8. The molecular formula is C16H11ClFNO2. The number of carbonyl (C=O) groups is 2. The molecule has 0 fully saturated rings. The first-order chi connectivity index (χ1) is 10.0. The van der Waals surface area contributed by atoms with Gasteiger partial charge in [0.1, 0.15) is 5.82 Å². The molecule has 106 valence electrons. The molecule has 5 heteroatoms. The zero-order chi connectivity index (χ0) is 15.0. The van der Waals surface area contributed by atoms with E-state index in [1.54, 1.807) is 24.3 Å². The Morgan fingerprint density at radius 3 is 2.86 bits per heavy atom. The predicted octanol–water partition coefficient (Wildman–Crippen LogP) is 3.40. The Kier molecular flexibility index (Phi) is 3.47. The Hall–Kier alpha value is -2.20. The molecule has 0 saturated heterocycles. The fourth-order valence-corrected chi connectivity index (χ4v) is 2.60. The van der Waals surface area contributed by atoms with Gasteiger partial charge in [0.25, 0.3) is 0 Å². The first-order valence-corrected chi connectivity index (χ1v) is 6.81. The lowest BCUT2D eigenvalue weighted by molar-refractivity contribution is -0.115. The van der Waals surface area contributed by atoms with Crippen LogP contribution < -0.4 is 5.32 Å². The highest BCUT2D eigenvalue weighted by molar-refractivity contribution is 6.31. The third kappa shape index (κ3) is 2.67. The van der Waals surface area contributed by atoms with Crippen LogP contribution >= 0.6 is 11.6 Å². The quantitative estimate of drug-likeness (QED) is 0.883. The number of fused-ring (bicyclic) bond motifs is 1. The first-order valence-electron chi connectivity index (χ1n) is 6.43. The maximum Gasteiger partial charge on any atom is 0.228 e. The summed E-state index contributed by atoms with van der Waals surface area (Å²) in [5, 5.41) is 2.94. The largest absolute Gasteiger partial charge is 0.326 e. The van der Waals surface area contributed by atoms with Gasteiger partial charge in [-0.25, -0.2) is 4.39 Å². The van der Waals surface area contributed by atoms with E-state index in [1.807, 2.05) is 0 Å². The van der Waals surface area contributed by atoms with E-state index in [1.165, 1.54) is 12.1 Å². The summed E-state index contributed by atoms with van der Waals surface area (Å²) in [6.45, 7) is 0. The summed E-state index contributed by atoms with van der Waals surface area (Å²) in [4.78, 5) is 23.6. The molecule has 0 unspecified atom stereocenters. The molecule has 3 nitrogen and oxygen atoms in total. The third-order valence-corrected chi connectivity index (χ3v) is 3.81. The normalized spacial score (nSPS) is 13.0. The summed E-state index contributed by atoms with van der Waals surface area (Å²) in [6, 6.07) is 9.32.